The van der Waals surface area contributed by atoms with E-state index in [4.69, 9.17) is 15.2 Å². The number of primary amides is 1. The maximum absolute atomic E-state index is 12.2. The SMILES string of the molecule is COc1cccc(NC(=O)[C@@H](C)OC(=O)C2CCN(C(N)=O)CC2)c1. The van der Waals surface area contributed by atoms with Crippen molar-refractivity contribution in [3.8, 4) is 5.75 Å². The van der Waals surface area contributed by atoms with Crippen molar-refractivity contribution in [3.05, 3.63) is 24.3 Å². The van der Waals surface area contributed by atoms with Gasteiger partial charge in [-0.15, -0.1) is 0 Å². The number of ether oxygens (including phenoxy) is 2. The summed E-state index contributed by atoms with van der Waals surface area (Å²) in [5, 5.41) is 2.68. The highest BCUT2D eigenvalue weighted by Gasteiger charge is 2.29. The molecule has 136 valence electrons. The molecule has 1 fully saturated rings. The van der Waals surface area contributed by atoms with E-state index in [-0.39, 0.29) is 5.92 Å². The Balaban J connectivity index is 1.84. The fraction of sp³-hybridized carbons (Fsp3) is 0.471. The summed E-state index contributed by atoms with van der Waals surface area (Å²) in [6, 6.07) is 6.41. The number of piperidine rings is 1. The van der Waals surface area contributed by atoms with Crippen molar-refractivity contribution in [2.45, 2.75) is 25.9 Å². The first kappa shape index (κ1) is 18.6. The number of likely N-dealkylation sites (tertiary alicyclic amines) is 1. The number of nitrogens with zero attached hydrogens (tertiary/aromatic N) is 1. The number of urea groups is 1. The van der Waals surface area contributed by atoms with Crippen LogP contribution in [0.1, 0.15) is 19.8 Å². The first-order valence-electron chi connectivity index (χ1n) is 8.10. The van der Waals surface area contributed by atoms with Crippen LogP contribution in [0.4, 0.5) is 10.5 Å². The molecule has 0 spiro atoms. The van der Waals surface area contributed by atoms with Gasteiger partial charge in [0.25, 0.3) is 5.91 Å². The fourth-order valence-corrected chi connectivity index (χ4v) is 2.60. The van der Waals surface area contributed by atoms with Crippen molar-refractivity contribution in [3.63, 3.8) is 0 Å². The number of carbonyl (C=O) groups excluding carboxylic acids is 3. The van der Waals surface area contributed by atoms with Gasteiger partial charge in [0.2, 0.25) is 0 Å². The van der Waals surface area contributed by atoms with Crippen molar-refractivity contribution < 1.29 is 23.9 Å². The maximum atomic E-state index is 12.2. The van der Waals surface area contributed by atoms with Crippen molar-refractivity contribution in [1.29, 1.82) is 0 Å². The lowest BCUT2D eigenvalue weighted by Crippen LogP contribution is -2.44. The highest BCUT2D eigenvalue weighted by atomic mass is 16.5. The number of amides is 3. The van der Waals surface area contributed by atoms with Crippen LogP contribution in [0.5, 0.6) is 5.75 Å². The van der Waals surface area contributed by atoms with Gasteiger partial charge in [-0.1, -0.05) is 6.07 Å². The molecule has 2 rings (SSSR count). The predicted molar refractivity (Wildman–Crippen MR) is 91.1 cm³/mol. The number of rotatable bonds is 5. The van der Waals surface area contributed by atoms with Gasteiger partial charge in [0.15, 0.2) is 6.10 Å². The van der Waals surface area contributed by atoms with Gasteiger partial charge in [-0.25, -0.2) is 4.79 Å². The van der Waals surface area contributed by atoms with Crippen LogP contribution < -0.4 is 15.8 Å². The standard InChI is InChI=1S/C17H23N3O5/c1-11(15(21)19-13-4-3-5-14(10-13)24-2)25-16(22)12-6-8-20(9-7-12)17(18)23/h3-5,10-12H,6-9H2,1-2H3,(H2,18,23)(H,19,21)/t11-/m1/s1. The van der Waals surface area contributed by atoms with E-state index in [1.54, 1.807) is 24.3 Å². The summed E-state index contributed by atoms with van der Waals surface area (Å²) in [5.41, 5.74) is 5.77. The molecule has 3 amide bonds. The van der Waals surface area contributed by atoms with E-state index in [0.717, 1.165) is 0 Å². The Morgan fingerprint density at radius 3 is 2.56 bits per heavy atom. The normalized spacial score (nSPS) is 16.0. The zero-order valence-electron chi connectivity index (χ0n) is 14.4. The molecule has 8 heteroatoms. The number of nitrogens with one attached hydrogen (secondary N) is 1. The minimum atomic E-state index is -0.923. The minimum absolute atomic E-state index is 0.331. The molecule has 1 heterocycles. The average Bonchev–Trinajstić information content (AvgIpc) is 2.61. The summed E-state index contributed by atoms with van der Waals surface area (Å²) in [4.78, 5) is 36.9. The second-order valence-electron chi connectivity index (χ2n) is 5.90. The van der Waals surface area contributed by atoms with E-state index in [0.29, 0.717) is 37.4 Å². The highest BCUT2D eigenvalue weighted by Crippen LogP contribution is 2.20. The fourth-order valence-electron chi connectivity index (χ4n) is 2.60. The molecule has 1 saturated heterocycles. The monoisotopic (exact) mass is 349 g/mol. The summed E-state index contributed by atoms with van der Waals surface area (Å²) >= 11 is 0. The van der Waals surface area contributed by atoms with Gasteiger partial charge in [0.05, 0.1) is 13.0 Å². The number of benzene rings is 1. The zero-order valence-corrected chi connectivity index (χ0v) is 14.4. The summed E-state index contributed by atoms with van der Waals surface area (Å²) in [6.07, 6.45) is 0.0331. The van der Waals surface area contributed by atoms with Crippen LogP contribution in [0, 0.1) is 5.92 Å². The summed E-state index contributed by atoms with van der Waals surface area (Å²) < 4.78 is 10.4. The van der Waals surface area contributed by atoms with Gasteiger partial charge in [-0.3, -0.25) is 9.59 Å². The van der Waals surface area contributed by atoms with Crippen LogP contribution in [0.15, 0.2) is 24.3 Å². The molecule has 1 atom stereocenters. The maximum Gasteiger partial charge on any atom is 0.314 e. The Bertz CT molecular complexity index is 641. The number of anilines is 1. The number of esters is 1. The third-order valence-electron chi connectivity index (χ3n) is 4.14. The minimum Gasteiger partial charge on any atom is -0.497 e. The quantitative estimate of drug-likeness (QED) is 0.780. The van der Waals surface area contributed by atoms with Crippen molar-refractivity contribution in [2.75, 3.05) is 25.5 Å². The predicted octanol–water partition coefficient (Wildman–Crippen LogP) is 1.36. The van der Waals surface area contributed by atoms with E-state index in [2.05, 4.69) is 5.32 Å². The second-order valence-corrected chi connectivity index (χ2v) is 5.90. The number of methoxy groups -OCH3 is 1. The van der Waals surface area contributed by atoms with Crippen molar-refractivity contribution in [2.24, 2.45) is 11.7 Å². The Morgan fingerprint density at radius 1 is 1.28 bits per heavy atom. The average molecular weight is 349 g/mol. The molecule has 25 heavy (non-hydrogen) atoms. The van der Waals surface area contributed by atoms with Gasteiger partial charge >= 0.3 is 12.0 Å². The van der Waals surface area contributed by atoms with Crippen molar-refractivity contribution in [1.82, 2.24) is 4.90 Å². The van der Waals surface area contributed by atoms with E-state index >= 15 is 0 Å². The first-order chi connectivity index (χ1) is 11.9. The number of hydrogen-bond donors (Lipinski definition) is 2. The van der Waals surface area contributed by atoms with Gasteiger partial charge < -0.3 is 25.4 Å². The van der Waals surface area contributed by atoms with E-state index in [1.807, 2.05) is 0 Å². The molecular weight excluding hydrogens is 326 g/mol. The van der Waals surface area contributed by atoms with Gasteiger partial charge in [-0.2, -0.15) is 0 Å². The Morgan fingerprint density at radius 2 is 1.96 bits per heavy atom. The Kier molecular flexibility index (Phi) is 6.21. The third-order valence-corrected chi connectivity index (χ3v) is 4.14. The molecule has 0 aromatic heterocycles. The molecule has 1 aromatic rings. The molecule has 0 unspecified atom stereocenters. The lowest BCUT2D eigenvalue weighted by Gasteiger charge is -2.30. The van der Waals surface area contributed by atoms with Crippen LogP contribution in [-0.4, -0.2) is 49.1 Å². The number of carbonyl (C=O) groups is 3. The summed E-state index contributed by atoms with van der Waals surface area (Å²) in [6.45, 7) is 2.35. The largest absolute Gasteiger partial charge is 0.497 e. The molecular formula is C17H23N3O5. The molecule has 1 aliphatic heterocycles. The second kappa shape index (κ2) is 8.36. The Hall–Kier alpha value is -2.77. The van der Waals surface area contributed by atoms with Crippen LogP contribution >= 0.6 is 0 Å². The van der Waals surface area contributed by atoms with Crippen LogP contribution in [0.3, 0.4) is 0 Å². The first-order valence-corrected chi connectivity index (χ1v) is 8.10. The molecule has 0 aliphatic carbocycles. The zero-order chi connectivity index (χ0) is 18.4. The molecule has 0 bridgehead atoms. The molecule has 1 aliphatic rings. The summed E-state index contributed by atoms with van der Waals surface area (Å²) in [5.74, 6) is -0.570. The smallest absolute Gasteiger partial charge is 0.314 e. The Labute approximate surface area is 146 Å². The van der Waals surface area contributed by atoms with Crippen molar-refractivity contribution >= 4 is 23.6 Å². The summed E-state index contributed by atoms with van der Waals surface area (Å²) in [7, 11) is 1.54. The number of hydrogen-bond acceptors (Lipinski definition) is 5. The van der Waals surface area contributed by atoms with Crippen LogP contribution in [0.2, 0.25) is 0 Å². The van der Waals surface area contributed by atoms with E-state index in [9.17, 15) is 14.4 Å². The van der Waals surface area contributed by atoms with Gasteiger partial charge in [-0.05, 0) is 31.9 Å². The molecule has 0 saturated carbocycles. The topological polar surface area (TPSA) is 111 Å². The molecule has 0 radical (unpaired) electrons. The van der Waals surface area contributed by atoms with Crippen LogP contribution in [-0.2, 0) is 14.3 Å². The van der Waals surface area contributed by atoms with Gasteiger partial charge in [0, 0.05) is 24.8 Å². The van der Waals surface area contributed by atoms with E-state index in [1.165, 1.54) is 18.9 Å². The van der Waals surface area contributed by atoms with Gasteiger partial charge in [0.1, 0.15) is 5.75 Å². The molecule has 3 N–H and O–H groups in total. The van der Waals surface area contributed by atoms with Crippen LogP contribution in [0.25, 0.3) is 0 Å². The lowest BCUT2D eigenvalue weighted by molar-refractivity contribution is -0.158. The highest BCUT2D eigenvalue weighted by molar-refractivity contribution is 5.95. The third kappa shape index (κ3) is 5.10. The van der Waals surface area contributed by atoms with E-state index < -0.39 is 24.0 Å². The molecule has 1 aromatic carbocycles. The lowest BCUT2D eigenvalue weighted by atomic mass is 9.97. The number of nitrogens with two attached hydrogens (primary N) is 1. The molecule has 8 nitrogen and oxygen atoms in total.